The molecule has 1 aromatic rings. The number of hydrogen-bond donors (Lipinski definition) is 1. The van der Waals surface area contributed by atoms with Gasteiger partial charge in [-0.3, -0.25) is 0 Å². The number of ether oxygens (including phenoxy) is 2. The average molecular weight is 292 g/mol. The normalized spacial score (nSPS) is 16.2. The average Bonchev–Trinajstić information content (AvgIpc) is 3.33. The maximum atomic E-state index is 5.70. The van der Waals surface area contributed by atoms with Crippen LogP contribution >= 0.6 is 0 Å². The topological polar surface area (TPSA) is 33.7 Å². The second kappa shape index (κ2) is 8.37. The molecule has 1 atom stereocenters. The lowest BCUT2D eigenvalue weighted by Crippen LogP contribution is -2.33. The van der Waals surface area contributed by atoms with Crippen LogP contribution in [0.5, 0.6) is 5.75 Å². The van der Waals surface area contributed by atoms with E-state index in [1.54, 1.807) is 7.11 Å². The van der Waals surface area contributed by atoms with Gasteiger partial charge in [-0.1, -0.05) is 12.1 Å². The minimum absolute atomic E-state index is 0.323. The van der Waals surface area contributed by atoms with Crippen molar-refractivity contribution in [3.63, 3.8) is 0 Å². The fraction of sp³-hybridized carbons (Fsp3) is 0.647. The molecule has 0 bridgehead atoms. The molecule has 0 aromatic heterocycles. The van der Waals surface area contributed by atoms with E-state index in [9.17, 15) is 0 Å². The van der Waals surface area contributed by atoms with E-state index in [0.717, 1.165) is 38.0 Å². The number of likely N-dealkylation sites (N-methyl/N-ethyl adjacent to an activating group) is 2. The summed E-state index contributed by atoms with van der Waals surface area (Å²) in [6.45, 7) is 3.71. The molecule has 118 valence electrons. The van der Waals surface area contributed by atoms with E-state index < -0.39 is 0 Å². The monoisotopic (exact) mass is 292 g/mol. The molecule has 1 unspecified atom stereocenters. The molecule has 21 heavy (non-hydrogen) atoms. The molecule has 0 saturated heterocycles. The molecule has 0 radical (unpaired) electrons. The van der Waals surface area contributed by atoms with Gasteiger partial charge in [-0.05, 0) is 50.6 Å². The van der Waals surface area contributed by atoms with Gasteiger partial charge in [0, 0.05) is 25.7 Å². The molecule has 1 aliphatic rings. The zero-order valence-electron chi connectivity index (χ0n) is 13.5. The predicted molar refractivity (Wildman–Crippen MR) is 85.8 cm³/mol. The molecular formula is C17H28N2O2. The molecule has 0 spiro atoms. The van der Waals surface area contributed by atoms with Crippen molar-refractivity contribution in [1.29, 1.82) is 0 Å². The Labute approximate surface area is 128 Å². The fourth-order valence-corrected chi connectivity index (χ4v) is 2.36. The quantitative estimate of drug-likeness (QED) is 0.671. The van der Waals surface area contributed by atoms with Gasteiger partial charge in [0.1, 0.15) is 5.75 Å². The van der Waals surface area contributed by atoms with Gasteiger partial charge in [-0.2, -0.15) is 0 Å². The summed E-state index contributed by atoms with van der Waals surface area (Å²) in [6.07, 6.45) is 2.71. The van der Waals surface area contributed by atoms with Crippen molar-refractivity contribution in [1.82, 2.24) is 10.2 Å². The van der Waals surface area contributed by atoms with Gasteiger partial charge in [-0.15, -0.1) is 0 Å². The zero-order chi connectivity index (χ0) is 15.1. The van der Waals surface area contributed by atoms with Crippen LogP contribution in [0, 0.1) is 5.92 Å². The largest absolute Gasteiger partial charge is 0.497 e. The van der Waals surface area contributed by atoms with Crippen molar-refractivity contribution in [3.05, 3.63) is 29.8 Å². The third-order valence-electron chi connectivity index (χ3n) is 4.03. The van der Waals surface area contributed by atoms with E-state index in [1.807, 2.05) is 19.2 Å². The molecule has 1 saturated carbocycles. The van der Waals surface area contributed by atoms with Gasteiger partial charge in [0.2, 0.25) is 0 Å². The summed E-state index contributed by atoms with van der Waals surface area (Å²) in [5.74, 6) is 1.75. The summed E-state index contributed by atoms with van der Waals surface area (Å²) in [5.41, 5.74) is 1.28. The maximum absolute atomic E-state index is 5.70. The fourth-order valence-electron chi connectivity index (χ4n) is 2.36. The van der Waals surface area contributed by atoms with Crippen molar-refractivity contribution in [2.45, 2.75) is 18.9 Å². The molecule has 1 aliphatic carbocycles. The molecule has 1 N–H and O–H groups in total. The van der Waals surface area contributed by atoms with Crippen molar-refractivity contribution < 1.29 is 9.47 Å². The zero-order valence-corrected chi connectivity index (χ0v) is 13.5. The summed E-state index contributed by atoms with van der Waals surface area (Å²) in [6, 6.07) is 8.59. The minimum atomic E-state index is 0.323. The molecule has 1 aromatic carbocycles. The number of nitrogens with one attached hydrogen (secondary N) is 1. The van der Waals surface area contributed by atoms with E-state index in [-0.39, 0.29) is 0 Å². The van der Waals surface area contributed by atoms with Crippen LogP contribution in [0.3, 0.4) is 0 Å². The van der Waals surface area contributed by atoms with Gasteiger partial charge in [0.05, 0.1) is 13.7 Å². The predicted octanol–water partition coefficient (Wildman–Crippen LogP) is 2.31. The first-order valence-electron chi connectivity index (χ1n) is 7.80. The summed E-state index contributed by atoms with van der Waals surface area (Å²) >= 11 is 0. The number of benzene rings is 1. The highest BCUT2D eigenvalue weighted by Gasteiger charge is 2.21. The van der Waals surface area contributed by atoms with E-state index in [2.05, 4.69) is 29.4 Å². The molecule has 4 heteroatoms. The Balaban J connectivity index is 1.73. The molecular weight excluding hydrogens is 264 g/mol. The molecule has 2 rings (SSSR count). The van der Waals surface area contributed by atoms with E-state index in [1.165, 1.54) is 18.4 Å². The van der Waals surface area contributed by atoms with E-state index in [0.29, 0.717) is 6.04 Å². The van der Waals surface area contributed by atoms with Crippen LogP contribution in [0.1, 0.15) is 24.4 Å². The van der Waals surface area contributed by atoms with Crippen molar-refractivity contribution in [3.8, 4) is 5.75 Å². The number of nitrogens with zero attached hydrogens (tertiary/aromatic N) is 1. The summed E-state index contributed by atoms with van der Waals surface area (Å²) in [5, 5.41) is 3.38. The Kier molecular flexibility index (Phi) is 6.49. The number of hydrogen-bond acceptors (Lipinski definition) is 4. The second-order valence-corrected chi connectivity index (χ2v) is 5.89. The Hall–Kier alpha value is -1.10. The van der Waals surface area contributed by atoms with Crippen molar-refractivity contribution in [2.24, 2.45) is 5.92 Å². The summed E-state index contributed by atoms with van der Waals surface area (Å²) in [4.78, 5) is 2.32. The van der Waals surface area contributed by atoms with E-state index >= 15 is 0 Å². The lowest BCUT2D eigenvalue weighted by Gasteiger charge is -2.24. The third-order valence-corrected chi connectivity index (χ3v) is 4.03. The lowest BCUT2D eigenvalue weighted by molar-refractivity contribution is 0.101. The van der Waals surface area contributed by atoms with Gasteiger partial charge in [0.15, 0.2) is 0 Å². The van der Waals surface area contributed by atoms with Crippen LogP contribution in [0.4, 0.5) is 0 Å². The smallest absolute Gasteiger partial charge is 0.118 e. The Morgan fingerprint density at radius 2 is 2.00 bits per heavy atom. The maximum Gasteiger partial charge on any atom is 0.118 e. The van der Waals surface area contributed by atoms with Crippen LogP contribution in [0.25, 0.3) is 0 Å². The van der Waals surface area contributed by atoms with Crippen molar-refractivity contribution in [2.75, 3.05) is 47.5 Å². The Morgan fingerprint density at radius 3 is 2.57 bits per heavy atom. The Bertz CT molecular complexity index is 404. The van der Waals surface area contributed by atoms with E-state index in [4.69, 9.17) is 9.47 Å². The van der Waals surface area contributed by atoms with Crippen LogP contribution in [-0.4, -0.2) is 52.4 Å². The van der Waals surface area contributed by atoms with Crippen LogP contribution in [0.2, 0.25) is 0 Å². The second-order valence-electron chi connectivity index (χ2n) is 5.89. The lowest BCUT2D eigenvalue weighted by atomic mass is 10.1. The molecule has 0 heterocycles. The highest BCUT2D eigenvalue weighted by Crippen LogP contribution is 2.28. The minimum Gasteiger partial charge on any atom is -0.497 e. The first-order valence-corrected chi connectivity index (χ1v) is 7.80. The SMILES string of the molecule is CNC(CN(C)CCOCC1CC1)c1ccc(OC)cc1. The van der Waals surface area contributed by atoms with Crippen molar-refractivity contribution >= 4 is 0 Å². The third kappa shape index (κ3) is 5.65. The highest BCUT2D eigenvalue weighted by molar-refractivity contribution is 5.29. The summed E-state index contributed by atoms with van der Waals surface area (Å²) in [7, 11) is 5.85. The van der Waals surface area contributed by atoms with Crippen LogP contribution in [-0.2, 0) is 4.74 Å². The first-order chi connectivity index (χ1) is 10.2. The number of rotatable bonds is 10. The molecule has 0 aliphatic heterocycles. The highest BCUT2D eigenvalue weighted by atomic mass is 16.5. The van der Waals surface area contributed by atoms with Gasteiger partial charge in [-0.25, -0.2) is 0 Å². The summed E-state index contributed by atoms with van der Waals surface area (Å²) < 4.78 is 10.9. The Morgan fingerprint density at radius 1 is 1.29 bits per heavy atom. The van der Waals surface area contributed by atoms with Gasteiger partial charge < -0.3 is 19.7 Å². The number of methoxy groups -OCH3 is 1. The van der Waals surface area contributed by atoms with Gasteiger partial charge in [0.25, 0.3) is 0 Å². The van der Waals surface area contributed by atoms with Crippen LogP contribution in [0.15, 0.2) is 24.3 Å². The molecule has 4 nitrogen and oxygen atoms in total. The van der Waals surface area contributed by atoms with Crippen LogP contribution < -0.4 is 10.1 Å². The standard InChI is InChI=1S/C17H28N2O2/c1-18-17(15-6-8-16(20-3)9-7-15)12-19(2)10-11-21-13-14-4-5-14/h6-9,14,17-18H,4-5,10-13H2,1-3H3. The van der Waals surface area contributed by atoms with Gasteiger partial charge >= 0.3 is 0 Å². The first kappa shape index (κ1) is 16.3. The molecule has 1 fully saturated rings. The molecule has 0 amide bonds.